The van der Waals surface area contributed by atoms with Crippen LogP contribution in [0.25, 0.3) is 0 Å². The van der Waals surface area contributed by atoms with Crippen LogP contribution in [0.15, 0.2) is 0 Å². The van der Waals surface area contributed by atoms with Crippen molar-refractivity contribution in [1.29, 1.82) is 0 Å². The average Bonchev–Trinajstić information content (AvgIpc) is 2.62. The second kappa shape index (κ2) is 19.6. The molecule has 25 heavy (non-hydrogen) atoms. The van der Waals surface area contributed by atoms with Crippen LogP contribution in [0.4, 0.5) is 0 Å². The smallest absolute Gasteiger partial charge is 0.237 e. The van der Waals surface area contributed by atoms with Crippen molar-refractivity contribution < 1.29 is 4.79 Å². The Hall–Kier alpha value is -0.730. The minimum absolute atomic E-state index is 0.0726. The van der Waals surface area contributed by atoms with E-state index in [-0.39, 0.29) is 11.9 Å². The van der Waals surface area contributed by atoms with Crippen molar-refractivity contribution in [2.45, 2.75) is 51.0 Å². The predicted molar refractivity (Wildman–Crippen MR) is 107 cm³/mol. The van der Waals surface area contributed by atoms with Crippen molar-refractivity contribution in [2.24, 2.45) is 5.73 Å². The molecule has 7 heteroatoms. The standard InChI is InChI=1S/C18H42N6O/c1-20-11-4-3-9-17(21-2)18(25)24-16-8-15-23-13-6-5-12-22-14-7-10-19/h17,20-23H,3-16,19H2,1-2H3,(H,24,25). The first-order valence-corrected chi connectivity index (χ1v) is 9.97. The quantitative estimate of drug-likeness (QED) is 0.178. The van der Waals surface area contributed by atoms with Gasteiger partial charge in [-0.2, -0.15) is 0 Å². The van der Waals surface area contributed by atoms with Crippen LogP contribution < -0.4 is 32.3 Å². The molecular weight excluding hydrogens is 316 g/mol. The van der Waals surface area contributed by atoms with Crippen LogP contribution in [0.2, 0.25) is 0 Å². The van der Waals surface area contributed by atoms with E-state index in [4.69, 9.17) is 5.73 Å². The number of carbonyl (C=O) groups excluding carboxylic acids is 1. The normalized spacial score (nSPS) is 12.3. The lowest BCUT2D eigenvalue weighted by Crippen LogP contribution is -2.43. The first kappa shape index (κ1) is 24.3. The highest BCUT2D eigenvalue weighted by molar-refractivity contribution is 5.81. The average molecular weight is 359 g/mol. The molecule has 0 radical (unpaired) electrons. The molecule has 0 aliphatic rings. The first-order valence-electron chi connectivity index (χ1n) is 9.97. The Morgan fingerprint density at radius 2 is 1.40 bits per heavy atom. The summed E-state index contributed by atoms with van der Waals surface area (Å²) in [5.41, 5.74) is 5.44. The minimum Gasteiger partial charge on any atom is -0.355 e. The Morgan fingerprint density at radius 3 is 2.00 bits per heavy atom. The number of likely N-dealkylation sites (N-methyl/N-ethyl adjacent to an activating group) is 1. The molecule has 0 aromatic carbocycles. The third-order valence-electron chi connectivity index (χ3n) is 4.18. The van der Waals surface area contributed by atoms with Gasteiger partial charge in [-0.3, -0.25) is 4.79 Å². The fourth-order valence-corrected chi connectivity index (χ4v) is 2.58. The molecule has 0 aromatic rings. The molecule has 0 fully saturated rings. The molecule has 0 aliphatic carbocycles. The zero-order valence-corrected chi connectivity index (χ0v) is 16.5. The van der Waals surface area contributed by atoms with E-state index in [9.17, 15) is 4.79 Å². The van der Waals surface area contributed by atoms with Gasteiger partial charge in [0.15, 0.2) is 0 Å². The predicted octanol–water partition coefficient (Wildman–Crippen LogP) is -0.221. The van der Waals surface area contributed by atoms with Crippen LogP contribution in [0.5, 0.6) is 0 Å². The van der Waals surface area contributed by atoms with Gasteiger partial charge in [0.1, 0.15) is 0 Å². The number of nitrogens with one attached hydrogen (secondary N) is 5. The molecule has 0 saturated carbocycles. The van der Waals surface area contributed by atoms with Crippen LogP contribution in [0.3, 0.4) is 0 Å². The van der Waals surface area contributed by atoms with Crippen LogP contribution in [0.1, 0.15) is 44.9 Å². The Balaban J connectivity index is 3.40. The van der Waals surface area contributed by atoms with Crippen molar-refractivity contribution >= 4 is 5.91 Å². The zero-order chi connectivity index (χ0) is 18.6. The molecule has 150 valence electrons. The van der Waals surface area contributed by atoms with Gasteiger partial charge in [-0.15, -0.1) is 0 Å². The van der Waals surface area contributed by atoms with Gasteiger partial charge >= 0.3 is 0 Å². The molecule has 1 atom stereocenters. The molecule has 0 saturated heterocycles. The molecule has 0 spiro atoms. The lowest BCUT2D eigenvalue weighted by atomic mass is 10.1. The second-order valence-corrected chi connectivity index (χ2v) is 6.43. The monoisotopic (exact) mass is 358 g/mol. The zero-order valence-electron chi connectivity index (χ0n) is 16.5. The van der Waals surface area contributed by atoms with E-state index < -0.39 is 0 Å². The largest absolute Gasteiger partial charge is 0.355 e. The highest BCUT2D eigenvalue weighted by Gasteiger charge is 2.14. The fourth-order valence-electron chi connectivity index (χ4n) is 2.58. The molecule has 1 unspecified atom stereocenters. The van der Waals surface area contributed by atoms with Crippen LogP contribution >= 0.6 is 0 Å². The molecular formula is C18H42N6O. The van der Waals surface area contributed by atoms with E-state index >= 15 is 0 Å². The van der Waals surface area contributed by atoms with Crippen LogP contribution in [-0.4, -0.2) is 71.9 Å². The first-order chi connectivity index (χ1) is 12.3. The number of hydrogen-bond acceptors (Lipinski definition) is 6. The van der Waals surface area contributed by atoms with Crippen molar-refractivity contribution in [3.05, 3.63) is 0 Å². The number of unbranched alkanes of at least 4 members (excludes halogenated alkanes) is 2. The molecule has 0 bridgehead atoms. The summed E-state index contributed by atoms with van der Waals surface area (Å²) in [4.78, 5) is 12.1. The van der Waals surface area contributed by atoms with Crippen LogP contribution in [-0.2, 0) is 4.79 Å². The second-order valence-electron chi connectivity index (χ2n) is 6.43. The molecule has 0 rings (SSSR count). The maximum Gasteiger partial charge on any atom is 0.237 e. The van der Waals surface area contributed by atoms with Crippen LogP contribution in [0, 0.1) is 0 Å². The maximum absolute atomic E-state index is 12.1. The summed E-state index contributed by atoms with van der Waals surface area (Å²) in [6.45, 7) is 6.58. The lowest BCUT2D eigenvalue weighted by Gasteiger charge is -2.16. The molecule has 0 aliphatic heterocycles. The van der Waals surface area contributed by atoms with Gasteiger partial charge in [-0.25, -0.2) is 0 Å². The summed E-state index contributed by atoms with van der Waals surface area (Å²) in [5, 5.41) is 16.1. The molecule has 0 heterocycles. The third kappa shape index (κ3) is 16.5. The Kier molecular flexibility index (Phi) is 19.0. The van der Waals surface area contributed by atoms with E-state index in [1.807, 2.05) is 14.1 Å². The van der Waals surface area contributed by atoms with Gasteiger partial charge in [0.25, 0.3) is 0 Å². The van der Waals surface area contributed by atoms with Gasteiger partial charge in [0.05, 0.1) is 6.04 Å². The van der Waals surface area contributed by atoms with E-state index in [1.165, 1.54) is 12.8 Å². The van der Waals surface area contributed by atoms with E-state index in [0.717, 1.165) is 77.9 Å². The summed E-state index contributed by atoms with van der Waals surface area (Å²) >= 11 is 0. The summed E-state index contributed by atoms with van der Waals surface area (Å²) < 4.78 is 0. The number of amides is 1. The summed E-state index contributed by atoms with van der Waals surface area (Å²) in [6, 6.07) is -0.0726. The van der Waals surface area contributed by atoms with Crippen molar-refractivity contribution in [3.63, 3.8) is 0 Å². The van der Waals surface area contributed by atoms with Gasteiger partial charge in [0, 0.05) is 6.54 Å². The van der Waals surface area contributed by atoms with E-state index in [2.05, 4.69) is 26.6 Å². The summed E-state index contributed by atoms with van der Waals surface area (Å²) in [6.07, 6.45) is 7.44. The maximum atomic E-state index is 12.1. The van der Waals surface area contributed by atoms with Gasteiger partial charge in [-0.1, -0.05) is 6.42 Å². The van der Waals surface area contributed by atoms with Crippen molar-refractivity contribution in [1.82, 2.24) is 26.6 Å². The van der Waals surface area contributed by atoms with E-state index in [0.29, 0.717) is 0 Å². The highest BCUT2D eigenvalue weighted by atomic mass is 16.2. The SMILES string of the molecule is CNCCCCC(NC)C(=O)NCCCNCCCCNCCCN. The number of nitrogens with two attached hydrogens (primary N) is 1. The minimum atomic E-state index is -0.0726. The number of rotatable bonds is 19. The summed E-state index contributed by atoms with van der Waals surface area (Å²) in [7, 11) is 3.81. The van der Waals surface area contributed by atoms with Gasteiger partial charge < -0.3 is 32.3 Å². The Morgan fingerprint density at radius 1 is 0.800 bits per heavy atom. The molecule has 0 aromatic heterocycles. The number of hydrogen-bond donors (Lipinski definition) is 6. The van der Waals surface area contributed by atoms with Crippen molar-refractivity contribution in [3.8, 4) is 0 Å². The number of carbonyl (C=O) groups is 1. The Labute approximate surface area is 154 Å². The molecule has 7 nitrogen and oxygen atoms in total. The van der Waals surface area contributed by atoms with Gasteiger partial charge in [0.2, 0.25) is 5.91 Å². The lowest BCUT2D eigenvalue weighted by molar-refractivity contribution is -0.123. The molecule has 7 N–H and O–H groups in total. The Bertz CT molecular complexity index is 291. The molecule has 1 amide bonds. The topological polar surface area (TPSA) is 103 Å². The highest BCUT2D eigenvalue weighted by Crippen LogP contribution is 2.00. The van der Waals surface area contributed by atoms with Crippen molar-refractivity contribution in [2.75, 3.05) is 59.9 Å². The third-order valence-corrected chi connectivity index (χ3v) is 4.18. The van der Waals surface area contributed by atoms with E-state index in [1.54, 1.807) is 0 Å². The fraction of sp³-hybridized carbons (Fsp3) is 0.944. The van der Waals surface area contributed by atoms with Gasteiger partial charge in [-0.05, 0) is 91.9 Å². The summed E-state index contributed by atoms with van der Waals surface area (Å²) in [5.74, 6) is 0.121.